The van der Waals surface area contributed by atoms with Gasteiger partial charge in [-0.25, -0.2) is 4.98 Å². The number of aryl methyl sites for hydroxylation is 1. The van der Waals surface area contributed by atoms with Gasteiger partial charge in [-0.1, -0.05) is 12.1 Å². The Morgan fingerprint density at radius 1 is 1.45 bits per heavy atom. The smallest absolute Gasteiger partial charge is 0.237 e. The molecule has 1 aromatic heterocycles. The number of para-hydroxylation sites is 2. The number of nitrogens with zero attached hydrogens (tertiary/aromatic N) is 2. The molecule has 1 atom stereocenters. The van der Waals surface area contributed by atoms with Gasteiger partial charge in [-0.3, -0.25) is 10.1 Å². The number of nitrogens with one attached hydrogen (secondary N) is 2. The van der Waals surface area contributed by atoms with E-state index in [0.717, 1.165) is 42.8 Å². The second kappa shape index (κ2) is 5.63. The lowest BCUT2D eigenvalue weighted by molar-refractivity contribution is -0.124. The van der Waals surface area contributed by atoms with E-state index in [1.165, 1.54) is 0 Å². The fourth-order valence-electron chi connectivity index (χ4n) is 2.79. The maximum absolute atomic E-state index is 11.7. The third-order valence-corrected chi connectivity index (χ3v) is 3.84. The summed E-state index contributed by atoms with van der Waals surface area (Å²) in [6, 6.07) is 8.05. The first-order chi connectivity index (χ1) is 9.79. The molecule has 106 valence electrons. The molecule has 1 saturated heterocycles. The highest BCUT2D eigenvalue weighted by molar-refractivity contribution is 5.82. The number of hydrogen-bond acceptors (Lipinski definition) is 3. The predicted octanol–water partition coefficient (Wildman–Crippen LogP) is 1.42. The van der Waals surface area contributed by atoms with Gasteiger partial charge in [0.05, 0.1) is 23.6 Å². The number of amides is 1. The molecule has 0 saturated carbocycles. The highest BCUT2D eigenvalue weighted by atomic mass is 16.2. The molecule has 3 rings (SSSR count). The van der Waals surface area contributed by atoms with Gasteiger partial charge >= 0.3 is 0 Å². The molecule has 1 aromatic carbocycles. The maximum atomic E-state index is 11.7. The summed E-state index contributed by atoms with van der Waals surface area (Å²) in [4.78, 5) is 16.4. The lowest BCUT2D eigenvalue weighted by atomic mass is 10.1. The molecule has 0 spiro atoms. The standard InChI is InChI=1S/C15H20N4O/c1-2-19-13-8-4-3-6-11(13)18-14(19)10-17-12-7-5-9-16-15(12)20/h3-4,6,8,12,17H,2,5,7,9-10H2,1H3,(H,16,20). The molecule has 2 N–H and O–H groups in total. The van der Waals surface area contributed by atoms with E-state index in [4.69, 9.17) is 0 Å². The second-order valence-electron chi connectivity index (χ2n) is 5.13. The van der Waals surface area contributed by atoms with E-state index in [1.807, 2.05) is 18.2 Å². The molecule has 20 heavy (non-hydrogen) atoms. The number of carbonyl (C=O) groups excluding carboxylic acids is 1. The van der Waals surface area contributed by atoms with Gasteiger partial charge in [0.2, 0.25) is 5.91 Å². The molecule has 5 heteroatoms. The predicted molar refractivity (Wildman–Crippen MR) is 78.3 cm³/mol. The van der Waals surface area contributed by atoms with Crippen LogP contribution in [0.15, 0.2) is 24.3 Å². The monoisotopic (exact) mass is 272 g/mol. The van der Waals surface area contributed by atoms with Gasteiger partial charge in [0.25, 0.3) is 0 Å². The summed E-state index contributed by atoms with van der Waals surface area (Å²) in [7, 11) is 0. The van der Waals surface area contributed by atoms with Crippen molar-refractivity contribution in [3.8, 4) is 0 Å². The van der Waals surface area contributed by atoms with E-state index < -0.39 is 0 Å². The van der Waals surface area contributed by atoms with Crippen LogP contribution in [-0.2, 0) is 17.9 Å². The summed E-state index contributed by atoms with van der Waals surface area (Å²) in [5, 5.41) is 6.22. The fraction of sp³-hybridized carbons (Fsp3) is 0.467. The number of aromatic nitrogens is 2. The number of rotatable bonds is 4. The first kappa shape index (κ1) is 13.1. The van der Waals surface area contributed by atoms with Crippen LogP contribution in [0.2, 0.25) is 0 Å². The van der Waals surface area contributed by atoms with Crippen LogP contribution in [0.1, 0.15) is 25.6 Å². The molecule has 1 aliphatic heterocycles. The lowest BCUT2D eigenvalue weighted by Crippen LogP contribution is -2.48. The molecule has 1 aliphatic rings. The summed E-state index contributed by atoms with van der Waals surface area (Å²) >= 11 is 0. The van der Waals surface area contributed by atoms with Gasteiger partial charge in [0.1, 0.15) is 5.82 Å². The zero-order valence-electron chi connectivity index (χ0n) is 11.7. The van der Waals surface area contributed by atoms with Crippen LogP contribution in [0, 0.1) is 0 Å². The number of benzene rings is 1. The Bertz CT molecular complexity index is 619. The molecule has 0 radical (unpaired) electrons. The Morgan fingerprint density at radius 2 is 2.30 bits per heavy atom. The van der Waals surface area contributed by atoms with Gasteiger partial charge < -0.3 is 9.88 Å². The number of fused-ring (bicyclic) bond motifs is 1. The van der Waals surface area contributed by atoms with Crippen molar-refractivity contribution in [2.24, 2.45) is 0 Å². The summed E-state index contributed by atoms with van der Waals surface area (Å²) in [6.45, 7) is 4.42. The molecule has 1 fully saturated rings. The largest absolute Gasteiger partial charge is 0.355 e. The molecule has 1 amide bonds. The fourth-order valence-corrected chi connectivity index (χ4v) is 2.79. The topological polar surface area (TPSA) is 59.0 Å². The number of hydrogen-bond donors (Lipinski definition) is 2. The van der Waals surface area contributed by atoms with E-state index in [1.54, 1.807) is 0 Å². The van der Waals surface area contributed by atoms with E-state index in [9.17, 15) is 4.79 Å². The first-order valence-corrected chi connectivity index (χ1v) is 7.25. The minimum atomic E-state index is -0.0890. The molecule has 5 nitrogen and oxygen atoms in total. The van der Waals surface area contributed by atoms with Gasteiger partial charge in [0, 0.05) is 13.1 Å². The summed E-state index contributed by atoms with van der Waals surface area (Å²) in [6.07, 6.45) is 1.94. The van der Waals surface area contributed by atoms with Gasteiger partial charge in [0.15, 0.2) is 0 Å². The van der Waals surface area contributed by atoms with Crippen LogP contribution < -0.4 is 10.6 Å². The van der Waals surface area contributed by atoms with E-state index in [0.29, 0.717) is 6.54 Å². The van der Waals surface area contributed by atoms with Crippen molar-refractivity contribution in [1.82, 2.24) is 20.2 Å². The zero-order chi connectivity index (χ0) is 13.9. The highest BCUT2D eigenvalue weighted by Gasteiger charge is 2.21. The van der Waals surface area contributed by atoms with Crippen LogP contribution in [0.25, 0.3) is 11.0 Å². The lowest BCUT2D eigenvalue weighted by Gasteiger charge is -2.22. The van der Waals surface area contributed by atoms with Crippen LogP contribution in [-0.4, -0.2) is 28.0 Å². The van der Waals surface area contributed by atoms with Crippen LogP contribution in [0.4, 0.5) is 0 Å². The second-order valence-corrected chi connectivity index (χ2v) is 5.13. The van der Waals surface area contributed by atoms with Crippen molar-refractivity contribution in [3.05, 3.63) is 30.1 Å². The van der Waals surface area contributed by atoms with E-state index in [-0.39, 0.29) is 11.9 Å². The van der Waals surface area contributed by atoms with E-state index >= 15 is 0 Å². The zero-order valence-corrected chi connectivity index (χ0v) is 11.7. The molecular formula is C15H20N4O. The molecule has 0 aliphatic carbocycles. The van der Waals surface area contributed by atoms with Crippen molar-refractivity contribution in [3.63, 3.8) is 0 Å². The Kier molecular flexibility index (Phi) is 3.69. The Morgan fingerprint density at radius 3 is 3.10 bits per heavy atom. The third-order valence-electron chi connectivity index (χ3n) is 3.84. The van der Waals surface area contributed by atoms with Gasteiger partial charge in [-0.05, 0) is 31.9 Å². The molecule has 0 bridgehead atoms. The van der Waals surface area contributed by atoms with Crippen molar-refractivity contribution in [2.75, 3.05) is 6.54 Å². The Balaban J connectivity index is 1.78. The Labute approximate surface area is 118 Å². The van der Waals surface area contributed by atoms with Crippen LogP contribution >= 0.6 is 0 Å². The third kappa shape index (κ3) is 2.41. The van der Waals surface area contributed by atoms with Gasteiger partial charge in [-0.15, -0.1) is 0 Å². The first-order valence-electron chi connectivity index (χ1n) is 7.25. The maximum Gasteiger partial charge on any atom is 0.237 e. The summed E-state index contributed by atoms with van der Waals surface area (Å²) < 4.78 is 2.20. The SMILES string of the molecule is CCn1c(CNC2CCCNC2=O)nc2ccccc21. The van der Waals surface area contributed by atoms with Crippen molar-refractivity contribution >= 4 is 16.9 Å². The molecule has 2 heterocycles. The van der Waals surface area contributed by atoms with E-state index in [2.05, 4.69) is 33.2 Å². The number of piperidine rings is 1. The summed E-state index contributed by atoms with van der Waals surface area (Å²) in [5.41, 5.74) is 2.17. The molecule has 2 aromatic rings. The van der Waals surface area contributed by atoms with Crippen LogP contribution in [0.3, 0.4) is 0 Å². The number of carbonyl (C=O) groups is 1. The van der Waals surface area contributed by atoms with Gasteiger partial charge in [-0.2, -0.15) is 0 Å². The minimum Gasteiger partial charge on any atom is -0.355 e. The van der Waals surface area contributed by atoms with Crippen molar-refractivity contribution in [1.29, 1.82) is 0 Å². The summed E-state index contributed by atoms with van der Waals surface area (Å²) in [5.74, 6) is 1.10. The normalized spacial score (nSPS) is 19.2. The average molecular weight is 272 g/mol. The molecule has 1 unspecified atom stereocenters. The number of imidazole rings is 1. The van der Waals surface area contributed by atoms with Crippen molar-refractivity contribution in [2.45, 2.75) is 38.9 Å². The minimum absolute atomic E-state index is 0.0890. The average Bonchev–Trinajstić information content (AvgIpc) is 2.84. The quantitative estimate of drug-likeness (QED) is 0.885. The highest BCUT2D eigenvalue weighted by Crippen LogP contribution is 2.16. The van der Waals surface area contributed by atoms with Crippen LogP contribution in [0.5, 0.6) is 0 Å². The Hall–Kier alpha value is -1.88. The van der Waals surface area contributed by atoms with Crippen molar-refractivity contribution < 1.29 is 4.79 Å². The molecular weight excluding hydrogens is 252 g/mol.